The predicted molar refractivity (Wildman–Crippen MR) is 75.3 cm³/mol. The normalized spacial score (nSPS) is 11.6. The second-order valence-electron chi connectivity index (χ2n) is 3.51. The van der Waals surface area contributed by atoms with Crippen LogP contribution in [0.2, 0.25) is 5.02 Å². The van der Waals surface area contributed by atoms with Crippen molar-refractivity contribution in [2.24, 2.45) is 0 Å². The molecule has 0 amide bonds. The number of nitrogens with zero attached hydrogens (tertiary/aromatic N) is 2. The molecule has 1 heterocycles. The van der Waals surface area contributed by atoms with Gasteiger partial charge in [0.15, 0.2) is 5.82 Å². The lowest BCUT2D eigenvalue weighted by atomic mass is 10.1. The van der Waals surface area contributed by atoms with E-state index in [0.29, 0.717) is 16.7 Å². The van der Waals surface area contributed by atoms with E-state index in [-0.39, 0.29) is 12.3 Å². The highest BCUT2D eigenvalue weighted by atomic mass is 35.5. The summed E-state index contributed by atoms with van der Waals surface area (Å²) in [7, 11) is 0. The number of aromatic nitrogens is 2. The average Bonchev–Trinajstić information content (AvgIpc) is 2.89. The highest BCUT2D eigenvalue weighted by molar-refractivity contribution is 6.30. The summed E-state index contributed by atoms with van der Waals surface area (Å²) in [6.07, 6.45) is -0.407. The molecule has 1 atom stereocenters. The molecule has 0 saturated carbocycles. The molecule has 1 aromatic carbocycles. The maximum atomic E-state index is 9.95. The Balaban J connectivity index is 0.000000861. The summed E-state index contributed by atoms with van der Waals surface area (Å²) in [4.78, 5) is 4.02. The Morgan fingerprint density at radius 3 is 2.42 bits per heavy atom. The van der Waals surface area contributed by atoms with Gasteiger partial charge in [-0.2, -0.15) is 4.98 Å². The summed E-state index contributed by atoms with van der Waals surface area (Å²) in [5.41, 5.74) is 0.756. The van der Waals surface area contributed by atoms with E-state index in [9.17, 15) is 5.11 Å². The maximum absolute atomic E-state index is 9.95. The molecule has 0 bridgehead atoms. The van der Waals surface area contributed by atoms with E-state index in [1.165, 1.54) is 0 Å². The van der Waals surface area contributed by atoms with Gasteiger partial charge in [0.1, 0.15) is 5.88 Å². The number of hydrogen-bond donors (Lipinski definition) is 1. The zero-order chi connectivity index (χ0) is 14.3. The zero-order valence-corrected chi connectivity index (χ0v) is 12.3. The first-order valence-electron chi connectivity index (χ1n) is 6.00. The highest BCUT2D eigenvalue weighted by Gasteiger charge is 2.13. The monoisotopic (exact) mass is 302 g/mol. The van der Waals surface area contributed by atoms with Gasteiger partial charge in [0.2, 0.25) is 5.89 Å². The van der Waals surface area contributed by atoms with Crippen LogP contribution in [0.5, 0.6) is 0 Å². The van der Waals surface area contributed by atoms with Gasteiger partial charge in [-0.25, -0.2) is 0 Å². The Bertz CT molecular complexity index is 486. The molecule has 104 valence electrons. The number of halogens is 2. The summed E-state index contributed by atoms with van der Waals surface area (Å²) < 4.78 is 4.84. The van der Waals surface area contributed by atoms with Crippen LogP contribution < -0.4 is 0 Å². The van der Waals surface area contributed by atoms with Gasteiger partial charge in [-0.15, -0.1) is 11.6 Å². The topological polar surface area (TPSA) is 59.2 Å². The van der Waals surface area contributed by atoms with E-state index < -0.39 is 6.10 Å². The van der Waals surface area contributed by atoms with Crippen LogP contribution in [0.1, 0.15) is 37.2 Å². The van der Waals surface area contributed by atoms with Gasteiger partial charge in [0.05, 0.1) is 6.10 Å². The minimum Gasteiger partial charge on any atom is -0.388 e. The van der Waals surface area contributed by atoms with Crippen molar-refractivity contribution in [2.75, 3.05) is 0 Å². The summed E-state index contributed by atoms with van der Waals surface area (Å²) >= 11 is 11.3. The van der Waals surface area contributed by atoms with E-state index in [1.807, 2.05) is 13.8 Å². The minimum atomic E-state index is -0.687. The largest absolute Gasteiger partial charge is 0.388 e. The average molecular weight is 303 g/mol. The SMILES string of the molecule is CC.O[C@@H](Cc1noc(CCl)n1)c1ccc(Cl)cc1. The molecule has 19 heavy (non-hydrogen) atoms. The van der Waals surface area contributed by atoms with E-state index >= 15 is 0 Å². The fourth-order valence-corrected chi connectivity index (χ4v) is 1.64. The Hall–Kier alpha value is -1.10. The van der Waals surface area contributed by atoms with Gasteiger partial charge in [-0.3, -0.25) is 0 Å². The third kappa shape index (κ3) is 4.82. The van der Waals surface area contributed by atoms with Gasteiger partial charge in [0.25, 0.3) is 0 Å². The van der Waals surface area contributed by atoms with Crippen LogP contribution >= 0.6 is 23.2 Å². The lowest BCUT2D eigenvalue weighted by Gasteiger charge is -2.07. The minimum absolute atomic E-state index is 0.171. The molecule has 0 aliphatic heterocycles. The van der Waals surface area contributed by atoms with Crippen LogP contribution in [0.25, 0.3) is 0 Å². The Morgan fingerprint density at radius 2 is 1.89 bits per heavy atom. The van der Waals surface area contributed by atoms with Crippen molar-refractivity contribution in [1.82, 2.24) is 10.1 Å². The van der Waals surface area contributed by atoms with E-state index in [4.69, 9.17) is 27.7 Å². The molecule has 0 fully saturated rings. The first-order valence-corrected chi connectivity index (χ1v) is 6.91. The van der Waals surface area contributed by atoms with Crippen molar-refractivity contribution >= 4 is 23.2 Å². The quantitative estimate of drug-likeness (QED) is 0.874. The molecule has 0 radical (unpaired) electrons. The predicted octanol–water partition coefficient (Wildman–Crippen LogP) is 3.76. The number of rotatable bonds is 4. The van der Waals surface area contributed by atoms with Crippen LogP contribution in [0.15, 0.2) is 28.8 Å². The molecule has 2 aromatic rings. The molecular weight excluding hydrogens is 287 g/mol. The third-order valence-corrected chi connectivity index (χ3v) is 2.74. The van der Waals surface area contributed by atoms with E-state index in [1.54, 1.807) is 24.3 Å². The van der Waals surface area contributed by atoms with Crippen molar-refractivity contribution < 1.29 is 9.63 Å². The number of aliphatic hydroxyl groups is 1. The van der Waals surface area contributed by atoms with Gasteiger partial charge in [-0.05, 0) is 17.7 Å². The lowest BCUT2D eigenvalue weighted by Crippen LogP contribution is -2.03. The van der Waals surface area contributed by atoms with Crippen LogP contribution in [0.4, 0.5) is 0 Å². The van der Waals surface area contributed by atoms with Crippen LogP contribution in [-0.2, 0) is 12.3 Å². The molecule has 4 nitrogen and oxygen atoms in total. The first kappa shape index (κ1) is 16.0. The third-order valence-electron chi connectivity index (χ3n) is 2.26. The van der Waals surface area contributed by atoms with Gasteiger partial charge < -0.3 is 9.63 Å². The second-order valence-corrected chi connectivity index (χ2v) is 4.21. The van der Waals surface area contributed by atoms with Gasteiger partial charge in [0, 0.05) is 11.4 Å². The van der Waals surface area contributed by atoms with Gasteiger partial charge >= 0.3 is 0 Å². The van der Waals surface area contributed by atoms with Crippen LogP contribution in [0.3, 0.4) is 0 Å². The molecule has 0 saturated heterocycles. The Kier molecular flexibility index (Phi) is 6.84. The van der Waals surface area contributed by atoms with Crippen molar-refractivity contribution in [3.63, 3.8) is 0 Å². The highest BCUT2D eigenvalue weighted by Crippen LogP contribution is 2.19. The van der Waals surface area contributed by atoms with Crippen molar-refractivity contribution in [2.45, 2.75) is 32.3 Å². The first-order chi connectivity index (χ1) is 9.19. The Labute approximate surface area is 122 Å². The maximum Gasteiger partial charge on any atom is 0.241 e. The molecule has 1 aromatic heterocycles. The van der Waals surface area contributed by atoms with E-state index in [2.05, 4.69) is 10.1 Å². The molecule has 0 spiro atoms. The molecule has 2 rings (SSSR count). The summed E-state index contributed by atoms with van der Waals surface area (Å²) in [6, 6.07) is 6.96. The molecule has 0 unspecified atom stereocenters. The summed E-state index contributed by atoms with van der Waals surface area (Å²) in [6.45, 7) is 4.00. The molecular formula is C13H16Cl2N2O2. The molecule has 0 aliphatic carbocycles. The smallest absolute Gasteiger partial charge is 0.241 e. The summed E-state index contributed by atoms with van der Waals surface area (Å²) in [5.74, 6) is 0.956. The number of hydrogen-bond acceptors (Lipinski definition) is 4. The number of alkyl halides is 1. The number of benzene rings is 1. The number of aliphatic hydroxyl groups excluding tert-OH is 1. The fraction of sp³-hybridized carbons (Fsp3) is 0.385. The van der Waals surface area contributed by atoms with Crippen LogP contribution in [-0.4, -0.2) is 15.2 Å². The van der Waals surface area contributed by atoms with E-state index in [0.717, 1.165) is 5.56 Å². The lowest BCUT2D eigenvalue weighted by molar-refractivity contribution is 0.174. The Morgan fingerprint density at radius 1 is 1.26 bits per heavy atom. The van der Waals surface area contributed by atoms with Crippen molar-refractivity contribution in [3.8, 4) is 0 Å². The summed E-state index contributed by atoms with van der Waals surface area (Å²) in [5, 5.41) is 14.3. The molecule has 1 N–H and O–H groups in total. The standard InChI is InChI=1S/C11H10Cl2N2O2.C2H6/c12-6-11-14-10(15-17-11)5-9(16)7-1-3-8(13)4-2-7;1-2/h1-4,9,16H,5-6H2;1-2H3/t9-;/m0./s1. The fourth-order valence-electron chi connectivity index (χ4n) is 1.40. The van der Waals surface area contributed by atoms with Crippen molar-refractivity contribution in [3.05, 3.63) is 46.6 Å². The van der Waals surface area contributed by atoms with Crippen LogP contribution in [0, 0.1) is 0 Å². The molecule has 0 aliphatic rings. The second kappa shape index (κ2) is 8.15. The molecule has 6 heteroatoms. The van der Waals surface area contributed by atoms with Crippen molar-refractivity contribution in [1.29, 1.82) is 0 Å². The zero-order valence-electron chi connectivity index (χ0n) is 10.8. The van der Waals surface area contributed by atoms with Gasteiger partial charge in [-0.1, -0.05) is 42.7 Å².